The van der Waals surface area contributed by atoms with E-state index in [9.17, 15) is 4.79 Å². The second-order valence-corrected chi connectivity index (χ2v) is 6.34. The van der Waals surface area contributed by atoms with Gasteiger partial charge >= 0.3 is 0 Å². The van der Waals surface area contributed by atoms with Gasteiger partial charge in [-0.25, -0.2) is 0 Å². The van der Waals surface area contributed by atoms with Gasteiger partial charge in [0.2, 0.25) is 5.91 Å². The zero-order chi connectivity index (χ0) is 15.2. The van der Waals surface area contributed by atoms with Crippen molar-refractivity contribution in [3.8, 4) is 0 Å². The van der Waals surface area contributed by atoms with Crippen LogP contribution in [0.5, 0.6) is 0 Å². The Morgan fingerprint density at radius 3 is 2.67 bits per heavy atom. The van der Waals surface area contributed by atoms with Gasteiger partial charge in [-0.05, 0) is 52.0 Å². The van der Waals surface area contributed by atoms with Crippen LogP contribution in [0.25, 0.3) is 0 Å². The van der Waals surface area contributed by atoms with Crippen LogP contribution in [0.3, 0.4) is 0 Å². The smallest absolute Gasteiger partial charge is 0.239 e. The van der Waals surface area contributed by atoms with E-state index < -0.39 is 0 Å². The molecule has 0 saturated carbocycles. The molecule has 0 bridgehead atoms. The van der Waals surface area contributed by atoms with Crippen molar-refractivity contribution in [1.82, 2.24) is 10.2 Å². The molecule has 1 amide bonds. The zero-order valence-electron chi connectivity index (χ0n) is 13.5. The van der Waals surface area contributed by atoms with Crippen LogP contribution in [0.15, 0.2) is 30.3 Å². The third-order valence-electron chi connectivity index (χ3n) is 4.45. The van der Waals surface area contributed by atoms with Gasteiger partial charge in [0.25, 0.3) is 0 Å². The molecule has 1 heterocycles. The van der Waals surface area contributed by atoms with Crippen molar-refractivity contribution in [3.63, 3.8) is 0 Å². The van der Waals surface area contributed by atoms with Crippen LogP contribution in [0.4, 0.5) is 0 Å². The van der Waals surface area contributed by atoms with E-state index >= 15 is 0 Å². The number of benzene rings is 1. The Morgan fingerprint density at radius 1 is 1.33 bits per heavy atom. The standard InChI is InChI=1S/C18H28N2O/c1-14(11-12-17-9-5-4-6-10-17)19-16(3)18(21)20-13-7-8-15(20)2/h4-6,9-10,14-16,19H,7-8,11-13H2,1-3H3. The highest BCUT2D eigenvalue weighted by molar-refractivity contribution is 5.82. The quantitative estimate of drug-likeness (QED) is 0.873. The summed E-state index contributed by atoms with van der Waals surface area (Å²) in [6, 6.07) is 11.2. The third-order valence-corrected chi connectivity index (χ3v) is 4.45. The number of carbonyl (C=O) groups excluding carboxylic acids is 1. The first kappa shape index (κ1) is 16.0. The Morgan fingerprint density at radius 2 is 2.05 bits per heavy atom. The molecular formula is C18H28N2O. The molecule has 0 spiro atoms. The van der Waals surface area contributed by atoms with E-state index in [4.69, 9.17) is 0 Å². The van der Waals surface area contributed by atoms with Crippen LogP contribution < -0.4 is 5.32 Å². The molecule has 1 aliphatic rings. The first-order valence-electron chi connectivity index (χ1n) is 8.18. The van der Waals surface area contributed by atoms with Gasteiger partial charge in [-0.1, -0.05) is 30.3 Å². The maximum Gasteiger partial charge on any atom is 0.239 e. The van der Waals surface area contributed by atoms with Gasteiger partial charge in [0, 0.05) is 18.6 Å². The Hall–Kier alpha value is -1.35. The van der Waals surface area contributed by atoms with Crippen LogP contribution in [-0.4, -0.2) is 35.5 Å². The van der Waals surface area contributed by atoms with Gasteiger partial charge in [-0.2, -0.15) is 0 Å². The van der Waals surface area contributed by atoms with Crippen molar-refractivity contribution in [2.24, 2.45) is 0 Å². The molecule has 0 aromatic heterocycles. The van der Waals surface area contributed by atoms with E-state index in [0.717, 1.165) is 32.2 Å². The molecule has 116 valence electrons. The fourth-order valence-electron chi connectivity index (χ4n) is 3.12. The van der Waals surface area contributed by atoms with E-state index in [1.165, 1.54) is 5.56 Å². The van der Waals surface area contributed by atoms with Crippen LogP contribution in [0, 0.1) is 0 Å². The van der Waals surface area contributed by atoms with Gasteiger partial charge in [0.15, 0.2) is 0 Å². The number of rotatable bonds is 6. The first-order valence-corrected chi connectivity index (χ1v) is 8.18. The van der Waals surface area contributed by atoms with Crippen molar-refractivity contribution in [2.45, 2.75) is 64.6 Å². The average Bonchev–Trinajstić information content (AvgIpc) is 2.91. The second-order valence-electron chi connectivity index (χ2n) is 6.34. The molecule has 3 nitrogen and oxygen atoms in total. The largest absolute Gasteiger partial charge is 0.339 e. The van der Waals surface area contributed by atoms with Crippen molar-refractivity contribution in [2.75, 3.05) is 6.54 Å². The van der Waals surface area contributed by atoms with Gasteiger partial charge in [-0.15, -0.1) is 0 Å². The maximum absolute atomic E-state index is 12.4. The molecule has 3 unspecified atom stereocenters. The molecule has 21 heavy (non-hydrogen) atoms. The van der Waals surface area contributed by atoms with Gasteiger partial charge < -0.3 is 10.2 Å². The highest BCUT2D eigenvalue weighted by Gasteiger charge is 2.28. The van der Waals surface area contributed by atoms with E-state index in [1.807, 2.05) is 17.9 Å². The SMILES string of the molecule is CC(CCc1ccccc1)NC(C)C(=O)N1CCCC1C. The van der Waals surface area contributed by atoms with Crippen LogP contribution in [0.2, 0.25) is 0 Å². The number of nitrogens with zero attached hydrogens (tertiary/aromatic N) is 1. The summed E-state index contributed by atoms with van der Waals surface area (Å²) in [7, 11) is 0. The van der Waals surface area contributed by atoms with Crippen LogP contribution in [0.1, 0.15) is 45.6 Å². The van der Waals surface area contributed by atoms with E-state index in [-0.39, 0.29) is 11.9 Å². The lowest BCUT2D eigenvalue weighted by Crippen LogP contribution is -2.48. The summed E-state index contributed by atoms with van der Waals surface area (Å²) < 4.78 is 0. The second kappa shape index (κ2) is 7.60. The number of nitrogens with one attached hydrogen (secondary N) is 1. The Labute approximate surface area is 128 Å². The molecule has 1 aromatic carbocycles. The predicted octanol–water partition coefficient (Wildman–Crippen LogP) is 3.00. The number of likely N-dealkylation sites (tertiary alicyclic amines) is 1. The molecule has 2 rings (SSSR count). The lowest BCUT2D eigenvalue weighted by molar-refractivity contribution is -0.133. The third kappa shape index (κ3) is 4.57. The number of hydrogen-bond donors (Lipinski definition) is 1. The lowest BCUT2D eigenvalue weighted by Gasteiger charge is -2.27. The van der Waals surface area contributed by atoms with Gasteiger partial charge in [-0.3, -0.25) is 4.79 Å². The Balaban J connectivity index is 1.76. The molecule has 1 fully saturated rings. The Kier molecular flexibility index (Phi) is 5.80. The lowest BCUT2D eigenvalue weighted by atomic mass is 10.1. The van der Waals surface area contributed by atoms with Gasteiger partial charge in [0.05, 0.1) is 6.04 Å². The molecule has 3 atom stereocenters. The summed E-state index contributed by atoms with van der Waals surface area (Å²) in [5, 5.41) is 3.46. The molecule has 1 N–H and O–H groups in total. The molecule has 1 aliphatic heterocycles. The number of carbonyl (C=O) groups is 1. The minimum absolute atomic E-state index is 0.0867. The van der Waals surface area contributed by atoms with Crippen molar-refractivity contribution in [3.05, 3.63) is 35.9 Å². The van der Waals surface area contributed by atoms with Gasteiger partial charge in [0.1, 0.15) is 0 Å². The topological polar surface area (TPSA) is 32.3 Å². The van der Waals surface area contributed by atoms with E-state index in [2.05, 4.69) is 43.4 Å². The first-order chi connectivity index (χ1) is 10.1. The van der Waals surface area contributed by atoms with E-state index in [0.29, 0.717) is 12.1 Å². The van der Waals surface area contributed by atoms with Crippen LogP contribution in [-0.2, 0) is 11.2 Å². The number of amides is 1. The summed E-state index contributed by atoms with van der Waals surface area (Å²) in [6.07, 6.45) is 4.39. The van der Waals surface area contributed by atoms with Crippen molar-refractivity contribution in [1.29, 1.82) is 0 Å². The molecule has 1 saturated heterocycles. The molecular weight excluding hydrogens is 260 g/mol. The molecule has 3 heteroatoms. The molecule has 0 radical (unpaired) electrons. The van der Waals surface area contributed by atoms with Crippen molar-refractivity contribution >= 4 is 5.91 Å². The Bertz CT molecular complexity index is 446. The number of aryl methyl sites for hydroxylation is 1. The minimum atomic E-state index is -0.0867. The summed E-state index contributed by atoms with van der Waals surface area (Å²) in [6.45, 7) is 7.23. The van der Waals surface area contributed by atoms with Crippen LogP contribution >= 0.6 is 0 Å². The summed E-state index contributed by atoms with van der Waals surface area (Å²) >= 11 is 0. The highest BCUT2D eigenvalue weighted by atomic mass is 16.2. The van der Waals surface area contributed by atoms with Crippen molar-refractivity contribution < 1.29 is 4.79 Å². The maximum atomic E-state index is 12.4. The average molecular weight is 288 g/mol. The monoisotopic (exact) mass is 288 g/mol. The normalized spacial score (nSPS) is 21.3. The minimum Gasteiger partial charge on any atom is -0.339 e. The number of hydrogen-bond acceptors (Lipinski definition) is 2. The summed E-state index contributed by atoms with van der Waals surface area (Å²) in [5.74, 6) is 0.256. The predicted molar refractivity (Wildman–Crippen MR) is 87.2 cm³/mol. The summed E-state index contributed by atoms with van der Waals surface area (Å²) in [4.78, 5) is 14.5. The fraction of sp³-hybridized carbons (Fsp3) is 0.611. The highest BCUT2D eigenvalue weighted by Crippen LogP contribution is 2.17. The van der Waals surface area contributed by atoms with E-state index in [1.54, 1.807) is 0 Å². The molecule has 0 aliphatic carbocycles. The zero-order valence-corrected chi connectivity index (χ0v) is 13.5. The molecule has 1 aromatic rings. The summed E-state index contributed by atoms with van der Waals surface area (Å²) in [5.41, 5.74) is 1.36. The fourth-order valence-corrected chi connectivity index (χ4v) is 3.12.